The highest BCUT2D eigenvalue weighted by Gasteiger charge is 2.27. The zero-order valence-corrected chi connectivity index (χ0v) is 23.0. The summed E-state index contributed by atoms with van der Waals surface area (Å²) in [4.78, 5) is 11.2. The number of aromatic nitrogens is 1. The second-order valence-electron chi connectivity index (χ2n) is 11.3. The Kier molecular flexibility index (Phi) is 8.40. The number of oxazole rings is 1. The number of phenolic OH excluding ortho intramolecular Hbond substituents is 1. The van der Waals surface area contributed by atoms with Crippen LogP contribution < -0.4 is 4.74 Å². The number of benzene rings is 2. The number of aliphatic imine (C=N–C) groups is 1. The minimum Gasteiger partial charge on any atom is -0.507 e. The molecular formula is C29H38ClN3O3. The average molecular weight is 512 g/mol. The molecule has 0 fully saturated rings. The van der Waals surface area contributed by atoms with E-state index in [1.165, 1.54) is 0 Å². The van der Waals surface area contributed by atoms with Crippen LogP contribution >= 0.6 is 12.4 Å². The molecule has 0 atom stereocenters. The standard InChI is InChI=1S/C29H37N3O3.ClH/c1-28(2,3)23-15-21(16-24(26(23)33)29(4,5)6)27-31-22(18-35-27)11-14-34-25-10-8-7-9-20(25)17-32-13-12-30-19-32;/h7-10,15-16,18-19,33H,11-14,17H2,1-6H3;1H. The highest BCUT2D eigenvalue weighted by Crippen LogP contribution is 2.41. The summed E-state index contributed by atoms with van der Waals surface area (Å²) in [5, 5.41) is 11.0. The van der Waals surface area contributed by atoms with Crippen molar-refractivity contribution >= 4 is 18.7 Å². The number of halogens is 1. The van der Waals surface area contributed by atoms with Crippen molar-refractivity contribution in [2.45, 2.75) is 65.3 Å². The fourth-order valence-corrected chi connectivity index (χ4v) is 4.25. The molecule has 1 aliphatic heterocycles. The molecule has 7 heteroatoms. The van der Waals surface area contributed by atoms with Crippen molar-refractivity contribution in [3.63, 3.8) is 0 Å². The third kappa shape index (κ3) is 6.41. The first-order valence-electron chi connectivity index (χ1n) is 12.3. The van der Waals surface area contributed by atoms with Crippen LogP contribution in [0.15, 0.2) is 52.1 Å². The van der Waals surface area contributed by atoms with Crippen molar-refractivity contribution in [1.82, 2.24) is 9.88 Å². The number of para-hydroxylation sites is 1. The molecule has 0 saturated carbocycles. The maximum atomic E-state index is 11.0. The lowest BCUT2D eigenvalue weighted by Gasteiger charge is -2.27. The van der Waals surface area contributed by atoms with Crippen molar-refractivity contribution in [3.8, 4) is 23.0 Å². The molecule has 0 bridgehead atoms. The smallest absolute Gasteiger partial charge is 0.226 e. The molecule has 4 rings (SSSR count). The van der Waals surface area contributed by atoms with Crippen LogP contribution in [0.5, 0.6) is 11.5 Å². The monoisotopic (exact) mass is 511 g/mol. The molecule has 1 N–H and O–H groups in total. The van der Waals surface area contributed by atoms with E-state index in [9.17, 15) is 5.11 Å². The molecule has 3 aromatic rings. The van der Waals surface area contributed by atoms with Gasteiger partial charge in [0.15, 0.2) is 0 Å². The summed E-state index contributed by atoms with van der Waals surface area (Å²) < 4.78 is 12.0. The SMILES string of the molecule is CC(C)(C)c1cc(-c2nc(CCOc3ccccc3CN3C=NCC3)co2)cc(C(C)(C)C)c1O.Cl. The van der Waals surface area contributed by atoms with Crippen LogP contribution in [0.4, 0.5) is 0 Å². The molecular weight excluding hydrogens is 474 g/mol. The van der Waals surface area contributed by atoms with Crippen molar-refractivity contribution in [1.29, 1.82) is 0 Å². The molecule has 194 valence electrons. The first-order valence-corrected chi connectivity index (χ1v) is 12.3. The van der Waals surface area contributed by atoms with Crippen LogP contribution in [0.1, 0.15) is 63.9 Å². The van der Waals surface area contributed by atoms with Crippen molar-refractivity contribution in [2.75, 3.05) is 19.7 Å². The van der Waals surface area contributed by atoms with Gasteiger partial charge in [0.2, 0.25) is 5.89 Å². The highest BCUT2D eigenvalue weighted by molar-refractivity contribution is 5.85. The van der Waals surface area contributed by atoms with Gasteiger partial charge < -0.3 is 19.2 Å². The van der Waals surface area contributed by atoms with E-state index < -0.39 is 0 Å². The number of ether oxygens (including phenoxy) is 1. The van der Waals surface area contributed by atoms with Crippen LogP contribution in [0.3, 0.4) is 0 Å². The van der Waals surface area contributed by atoms with E-state index >= 15 is 0 Å². The van der Waals surface area contributed by atoms with E-state index in [1.54, 1.807) is 6.26 Å². The summed E-state index contributed by atoms with van der Waals surface area (Å²) in [6, 6.07) is 12.1. The maximum Gasteiger partial charge on any atom is 0.226 e. The lowest BCUT2D eigenvalue weighted by molar-refractivity contribution is 0.312. The summed E-state index contributed by atoms with van der Waals surface area (Å²) in [5.74, 6) is 1.80. The zero-order chi connectivity index (χ0) is 25.2. The van der Waals surface area contributed by atoms with Crippen molar-refractivity contribution in [2.24, 2.45) is 4.99 Å². The number of nitrogens with zero attached hydrogens (tertiary/aromatic N) is 3. The molecule has 0 radical (unpaired) electrons. The molecule has 0 aliphatic carbocycles. The topological polar surface area (TPSA) is 71.1 Å². The molecule has 0 unspecified atom stereocenters. The minimum absolute atomic E-state index is 0. The summed E-state index contributed by atoms with van der Waals surface area (Å²) >= 11 is 0. The van der Waals surface area contributed by atoms with E-state index in [2.05, 4.69) is 57.5 Å². The molecule has 0 amide bonds. The van der Waals surface area contributed by atoms with Gasteiger partial charge in [0.1, 0.15) is 17.8 Å². The Morgan fingerprint density at radius 1 is 1.03 bits per heavy atom. The summed E-state index contributed by atoms with van der Waals surface area (Å²) in [6.07, 6.45) is 4.25. The molecule has 0 saturated heterocycles. The molecule has 2 aromatic carbocycles. The van der Waals surface area contributed by atoms with Crippen molar-refractivity contribution < 1.29 is 14.3 Å². The first kappa shape index (κ1) is 27.6. The van der Waals surface area contributed by atoms with Crippen LogP contribution in [0, 0.1) is 0 Å². The largest absolute Gasteiger partial charge is 0.507 e. The Balaban J connectivity index is 0.00000361. The normalized spacial score (nSPS) is 13.7. The highest BCUT2D eigenvalue weighted by atomic mass is 35.5. The van der Waals surface area contributed by atoms with E-state index in [0.29, 0.717) is 24.7 Å². The quantitative estimate of drug-likeness (QED) is 0.390. The van der Waals surface area contributed by atoms with Gasteiger partial charge in [-0.05, 0) is 29.0 Å². The molecule has 2 heterocycles. The van der Waals surface area contributed by atoms with Crippen LogP contribution in [0.25, 0.3) is 11.5 Å². The Bertz CT molecular complexity index is 1170. The van der Waals surface area contributed by atoms with Crippen LogP contribution in [-0.4, -0.2) is 41.0 Å². The molecule has 1 aromatic heterocycles. The summed E-state index contributed by atoms with van der Waals surface area (Å²) in [6.45, 7) is 15.7. The van der Waals surface area contributed by atoms with Gasteiger partial charge in [0, 0.05) is 41.8 Å². The van der Waals surface area contributed by atoms with Gasteiger partial charge >= 0.3 is 0 Å². The maximum absolute atomic E-state index is 11.0. The number of rotatable bonds is 7. The summed E-state index contributed by atoms with van der Waals surface area (Å²) in [7, 11) is 0. The van der Waals surface area contributed by atoms with E-state index in [0.717, 1.165) is 53.3 Å². The number of aromatic hydroxyl groups is 1. The van der Waals surface area contributed by atoms with Gasteiger partial charge in [-0.15, -0.1) is 12.4 Å². The molecule has 1 aliphatic rings. The fourth-order valence-electron chi connectivity index (χ4n) is 4.25. The average Bonchev–Trinajstić information content (AvgIpc) is 3.46. The fraction of sp³-hybridized carbons (Fsp3) is 0.448. The lowest BCUT2D eigenvalue weighted by atomic mass is 9.78. The van der Waals surface area contributed by atoms with Crippen LogP contribution in [0.2, 0.25) is 0 Å². The minimum atomic E-state index is -0.211. The second-order valence-corrected chi connectivity index (χ2v) is 11.3. The number of hydrogen-bond acceptors (Lipinski definition) is 6. The molecule has 6 nitrogen and oxygen atoms in total. The van der Waals surface area contributed by atoms with E-state index in [-0.39, 0.29) is 23.2 Å². The van der Waals surface area contributed by atoms with E-state index in [1.807, 2.05) is 36.7 Å². The Labute approximate surface area is 220 Å². The van der Waals surface area contributed by atoms with Gasteiger partial charge in [-0.2, -0.15) is 0 Å². The van der Waals surface area contributed by atoms with Gasteiger partial charge in [-0.25, -0.2) is 4.98 Å². The van der Waals surface area contributed by atoms with Gasteiger partial charge in [-0.1, -0.05) is 59.7 Å². The number of hydrogen-bond donors (Lipinski definition) is 1. The molecule has 0 spiro atoms. The zero-order valence-electron chi connectivity index (χ0n) is 22.2. The third-order valence-corrected chi connectivity index (χ3v) is 6.25. The van der Waals surface area contributed by atoms with Crippen molar-refractivity contribution in [3.05, 3.63) is 65.0 Å². The third-order valence-electron chi connectivity index (χ3n) is 6.25. The van der Waals surface area contributed by atoms with Gasteiger partial charge in [0.25, 0.3) is 0 Å². The predicted molar refractivity (Wildman–Crippen MR) is 148 cm³/mol. The lowest BCUT2D eigenvalue weighted by Crippen LogP contribution is -2.19. The Hall–Kier alpha value is -2.99. The van der Waals surface area contributed by atoms with Crippen LogP contribution in [-0.2, 0) is 23.8 Å². The van der Waals surface area contributed by atoms with Gasteiger partial charge in [0.05, 0.1) is 25.2 Å². The molecule has 36 heavy (non-hydrogen) atoms. The Morgan fingerprint density at radius 3 is 2.31 bits per heavy atom. The van der Waals surface area contributed by atoms with Gasteiger partial charge in [-0.3, -0.25) is 4.99 Å². The summed E-state index contributed by atoms with van der Waals surface area (Å²) in [5.41, 5.74) is 4.23. The second kappa shape index (κ2) is 11.0. The first-order chi connectivity index (χ1) is 16.5. The van der Waals surface area contributed by atoms with E-state index in [4.69, 9.17) is 14.1 Å². The Morgan fingerprint density at radius 2 is 1.69 bits per heavy atom. The number of phenols is 1. The predicted octanol–water partition coefficient (Wildman–Crippen LogP) is 6.53.